The summed E-state index contributed by atoms with van der Waals surface area (Å²) in [4.78, 5) is 12.0. The van der Waals surface area contributed by atoms with Gasteiger partial charge in [0.15, 0.2) is 0 Å². The molecule has 18 heavy (non-hydrogen) atoms. The van der Waals surface area contributed by atoms with Crippen molar-refractivity contribution in [3.05, 3.63) is 23.8 Å². The predicted octanol–water partition coefficient (Wildman–Crippen LogP) is 1.35. The van der Waals surface area contributed by atoms with E-state index in [0.717, 1.165) is 6.42 Å². The van der Waals surface area contributed by atoms with E-state index in [0.29, 0.717) is 13.0 Å². The highest BCUT2D eigenvalue weighted by Crippen LogP contribution is 2.21. The summed E-state index contributed by atoms with van der Waals surface area (Å²) < 4.78 is 0. The molecule has 5 heteroatoms. The van der Waals surface area contributed by atoms with Crippen molar-refractivity contribution >= 4 is 5.91 Å². The maximum atomic E-state index is 12.0. The molecule has 0 heterocycles. The van der Waals surface area contributed by atoms with Gasteiger partial charge in [0.1, 0.15) is 11.5 Å². The molecule has 0 saturated carbocycles. The Bertz CT molecular complexity index is 414. The van der Waals surface area contributed by atoms with Gasteiger partial charge in [0.25, 0.3) is 5.91 Å². The fourth-order valence-electron chi connectivity index (χ4n) is 1.72. The molecule has 0 bridgehead atoms. The van der Waals surface area contributed by atoms with Crippen molar-refractivity contribution in [3.8, 4) is 11.5 Å². The average molecular weight is 252 g/mol. The number of nitrogens with two attached hydrogens (primary N) is 1. The highest BCUT2D eigenvalue weighted by Gasteiger charge is 2.24. The number of rotatable bonds is 5. The number of hydrogen-bond acceptors (Lipinski definition) is 4. The van der Waals surface area contributed by atoms with Crippen molar-refractivity contribution in [2.45, 2.75) is 32.2 Å². The lowest BCUT2D eigenvalue weighted by Gasteiger charge is -2.29. The normalized spacial score (nSPS) is 13.9. The summed E-state index contributed by atoms with van der Waals surface area (Å²) in [7, 11) is 0. The molecule has 0 aliphatic heterocycles. The smallest absolute Gasteiger partial charge is 0.251 e. The van der Waals surface area contributed by atoms with Gasteiger partial charge in [-0.2, -0.15) is 0 Å². The molecule has 1 amide bonds. The van der Waals surface area contributed by atoms with Crippen LogP contribution in [0, 0.1) is 0 Å². The average Bonchev–Trinajstić information content (AvgIpc) is 2.28. The SMILES string of the molecule is CCC(C)(CCN)NC(=O)c1cc(O)cc(O)c1. The molecule has 0 fully saturated rings. The zero-order valence-corrected chi connectivity index (χ0v) is 10.7. The molecule has 0 saturated heterocycles. The Balaban J connectivity index is 2.87. The van der Waals surface area contributed by atoms with E-state index in [1.807, 2.05) is 13.8 Å². The van der Waals surface area contributed by atoms with Gasteiger partial charge < -0.3 is 21.3 Å². The Hall–Kier alpha value is -1.75. The van der Waals surface area contributed by atoms with Gasteiger partial charge in [-0.25, -0.2) is 0 Å². The first-order valence-electron chi connectivity index (χ1n) is 5.96. The number of nitrogens with one attached hydrogen (secondary N) is 1. The summed E-state index contributed by atoms with van der Waals surface area (Å²) in [5.41, 5.74) is 5.37. The van der Waals surface area contributed by atoms with Crippen molar-refractivity contribution in [1.82, 2.24) is 5.32 Å². The van der Waals surface area contributed by atoms with Gasteiger partial charge in [-0.1, -0.05) is 6.92 Å². The maximum absolute atomic E-state index is 12.0. The number of amides is 1. The molecule has 0 aliphatic carbocycles. The standard InChI is InChI=1S/C13H20N2O3/c1-3-13(2,4-5-14)15-12(18)9-6-10(16)8-11(17)7-9/h6-8,16-17H,3-5,14H2,1-2H3,(H,15,18). The minimum atomic E-state index is -0.382. The fourth-order valence-corrected chi connectivity index (χ4v) is 1.72. The van der Waals surface area contributed by atoms with Gasteiger partial charge in [0.05, 0.1) is 0 Å². The van der Waals surface area contributed by atoms with Gasteiger partial charge in [0, 0.05) is 17.2 Å². The van der Waals surface area contributed by atoms with Crippen LogP contribution in [0.3, 0.4) is 0 Å². The summed E-state index contributed by atoms with van der Waals surface area (Å²) in [6, 6.07) is 3.80. The molecule has 100 valence electrons. The molecule has 0 radical (unpaired) electrons. The Morgan fingerprint density at radius 3 is 2.33 bits per heavy atom. The second-order valence-electron chi connectivity index (χ2n) is 4.65. The molecule has 1 rings (SSSR count). The van der Waals surface area contributed by atoms with Crippen LogP contribution in [0.4, 0.5) is 0 Å². The minimum Gasteiger partial charge on any atom is -0.508 e. The summed E-state index contributed by atoms with van der Waals surface area (Å²) in [6.45, 7) is 4.37. The predicted molar refractivity (Wildman–Crippen MR) is 69.6 cm³/mol. The molecule has 1 aromatic carbocycles. The third kappa shape index (κ3) is 3.63. The first-order valence-corrected chi connectivity index (χ1v) is 5.96. The van der Waals surface area contributed by atoms with Gasteiger partial charge in [-0.3, -0.25) is 4.79 Å². The molecule has 1 aromatic rings. The van der Waals surface area contributed by atoms with Crippen molar-refractivity contribution in [3.63, 3.8) is 0 Å². The maximum Gasteiger partial charge on any atom is 0.251 e. The third-order valence-electron chi connectivity index (χ3n) is 3.06. The highest BCUT2D eigenvalue weighted by molar-refractivity contribution is 5.95. The minimum absolute atomic E-state index is 0.142. The fraction of sp³-hybridized carbons (Fsp3) is 0.462. The molecule has 1 unspecified atom stereocenters. The Labute approximate surface area is 107 Å². The number of benzene rings is 1. The number of carbonyl (C=O) groups excluding carboxylic acids is 1. The van der Waals surface area contributed by atoms with Crippen LogP contribution in [0.1, 0.15) is 37.0 Å². The third-order valence-corrected chi connectivity index (χ3v) is 3.06. The quantitative estimate of drug-likeness (QED) is 0.636. The van der Waals surface area contributed by atoms with Crippen molar-refractivity contribution < 1.29 is 15.0 Å². The van der Waals surface area contributed by atoms with E-state index in [1.54, 1.807) is 0 Å². The van der Waals surface area contributed by atoms with Crippen molar-refractivity contribution in [2.24, 2.45) is 5.73 Å². The van der Waals surface area contributed by atoms with Crippen LogP contribution in [0.2, 0.25) is 0 Å². The van der Waals surface area contributed by atoms with E-state index in [4.69, 9.17) is 5.73 Å². The molecule has 1 atom stereocenters. The molecular weight excluding hydrogens is 232 g/mol. The number of aromatic hydroxyl groups is 2. The monoisotopic (exact) mass is 252 g/mol. The zero-order valence-electron chi connectivity index (χ0n) is 10.7. The highest BCUT2D eigenvalue weighted by atomic mass is 16.3. The second-order valence-corrected chi connectivity index (χ2v) is 4.65. The summed E-state index contributed by atoms with van der Waals surface area (Å²) in [5.74, 6) is -0.617. The Morgan fingerprint density at radius 1 is 1.33 bits per heavy atom. The van der Waals surface area contributed by atoms with Crippen LogP contribution < -0.4 is 11.1 Å². The van der Waals surface area contributed by atoms with Gasteiger partial charge in [-0.15, -0.1) is 0 Å². The van der Waals surface area contributed by atoms with Gasteiger partial charge in [0.2, 0.25) is 0 Å². The molecule has 0 aliphatic rings. The second kappa shape index (κ2) is 5.73. The van der Waals surface area contributed by atoms with Crippen molar-refractivity contribution in [1.29, 1.82) is 0 Å². The Morgan fingerprint density at radius 2 is 1.89 bits per heavy atom. The van der Waals surface area contributed by atoms with E-state index >= 15 is 0 Å². The number of carbonyl (C=O) groups is 1. The van der Waals surface area contributed by atoms with E-state index in [1.165, 1.54) is 18.2 Å². The van der Waals surface area contributed by atoms with Gasteiger partial charge in [-0.05, 0) is 38.4 Å². The molecule has 0 spiro atoms. The number of phenols is 2. The lowest BCUT2D eigenvalue weighted by molar-refractivity contribution is 0.0899. The van der Waals surface area contributed by atoms with E-state index in [9.17, 15) is 15.0 Å². The summed E-state index contributed by atoms with van der Waals surface area (Å²) in [6.07, 6.45) is 1.42. The van der Waals surface area contributed by atoms with Crippen LogP contribution in [-0.2, 0) is 0 Å². The van der Waals surface area contributed by atoms with E-state index in [2.05, 4.69) is 5.32 Å². The lowest BCUT2D eigenvalue weighted by Crippen LogP contribution is -2.46. The first-order chi connectivity index (χ1) is 8.40. The number of hydrogen-bond donors (Lipinski definition) is 4. The first kappa shape index (κ1) is 14.3. The van der Waals surface area contributed by atoms with E-state index < -0.39 is 0 Å². The lowest BCUT2D eigenvalue weighted by atomic mass is 9.94. The summed E-state index contributed by atoms with van der Waals surface area (Å²) in [5, 5.41) is 21.6. The number of phenolic OH excluding ortho intramolecular Hbond substituents is 2. The van der Waals surface area contributed by atoms with Gasteiger partial charge >= 0.3 is 0 Å². The molecule has 5 N–H and O–H groups in total. The Kier molecular flexibility index (Phi) is 4.55. The molecule has 0 aromatic heterocycles. The van der Waals surface area contributed by atoms with Crippen LogP contribution in [0.25, 0.3) is 0 Å². The largest absolute Gasteiger partial charge is 0.508 e. The van der Waals surface area contributed by atoms with Crippen LogP contribution in [0.15, 0.2) is 18.2 Å². The van der Waals surface area contributed by atoms with E-state index in [-0.39, 0.29) is 28.5 Å². The topological polar surface area (TPSA) is 95.6 Å². The van der Waals surface area contributed by atoms with Crippen LogP contribution >= 0.6 is 0 Å². The van der Waals surface area contributed by atoms with Crippen molar-refractivity contribution in [2.75, 3.05) is 6.54 Å². The van der Waals surface area contributed by atoms with Crippen LogP contribution in [0.5, 0.6) is 11.5 Å². The summed E-state index contributed by atoms with van der Waals surface area (Å²) >= 11 is 0. The molecular formula is C13H20N2O3. The molecule has 5 nitrogen and oxygen atoms in total. The van der Waals surface area contributed by atoms with Crippen LogP contribution in [-0.4, -0.2) is 28.2 Å². The zero-order chi connectivity index (χ0) is 13.8.